The summed E-state index contributed by atoms with van der Waals surface area (Å²) >= 11 is 0. The fourth-order valence-electron chi connectivity index (χ4n) is 8.80. The summed E-state index contributed by atoms with van der Waals surface area (Å²) in [7, 11) is 31.5. The number of benzene rings is 8. The molecular weight excluding hydrogens is 1120 g/mol. The van der Waals surface area contributed by atoms with Crippen molar-refractivity contribution >= 4 is 127 Å². The maximum Gasteiger partial charge on any atom is 0.228 e. The summed E-state index contributed by atoms with van der Waals surface area (Å²) in [6.07, 6.45) is 7.28. The molecule has 2 aliphatic heterocycles. The average Bonchev–Trinajstić information content (AvgIpc) is 1.65. The quantitative estimate of drug-likeness (QED) is 0.0831. The van der Waals surface area contributed by atoms with Crippen LogP contribution in [0.2, 0.25) is 47.8 Å². The predicted molar refractivity (Wildman–Crippen MR) is 421 cm³/mol. The minimum absolute atomic E-state index is 0. The van der Waals surface area contributed by atoms with E-state index in [0.29, 0.717) is 6.42 Å². The van der Waals surface area contributed by atoms with Gasteiger partial charge in [0, 0.05) is 40.4 Å². The third-order valence-corrected chi connectivity index (χ3v) is 12.8. The second-order valence-electron chi connectivity index (χ2n) is 18.0. The highest BCUT2D eigenvalue weighted by atomic mass is 16.1. The lowest BCUT2D eigenvalue weighted by molar-refractivity contribution is -0.115. The maximum absolute atomic E-state index is 10.9. The van der Waals surface area contributed by atoms with Crippen LogP contribution in [0.4, 0.5) is 11.4 Å². The molecule has 0 saturated heterocycles. The van der Waals surface area contributed by atoms with E-state index in [-0.39, 0.29) is 50.5 Å². The van der Waals surface area contributed by atoms with E-state index in [9.17, 15) is 4.79 Å². The molecule has 6 heterocycles. The van der Waals surface area contributed by atoms with Crippen LogP contribution in [0.25, 0.3) is 54.6 Å². The minimum atomic E-state index is 0. The highest BCUT2D eigenvalue weighted by Gasteiger charge is 2.18. The highest BCUT2D eigenvalue weighted by molar-refractivity contribution is 6.06. The Morgan fingerprint density at radius 3 is 1.41 bits per heavy atom. The van der Waals surface area contributed by atoms with E-state index in [1.165, 1.54) is 126 Å². The summed E-state index contributed by atoms with van der Waals surface area (Å²) in [5, 5.41) is 28.7. The van der Waals surface area contributed by atoms with Crippen LogP contribution in [0, 0.1) is 48.5 Å². The molecule has 0 saturated carbocycles. The molecule has 8 aromatic carbocycles. The second kappa shape index (κ2) is 55.5. The average molecular weight is 1230 g/mol. The zero-order valence-corrected chi connectivity index (χ0v) is 53.1. The second-order valence-corrected chi connectivity index (χ2v) is 18.0. The van der Waals surface area contributed by atoms with Crippen LogP contribution in [0.15, 0.2) is 176 Å². The van der Waals surface area contributed by atoms with Crippen LogP contribution in [-0.4, -0.2) is 108 Å². The van der Waals surface area contributed by atoms with Crippen molar-refractivity contribution in [2.75, 3.05) is 17.2 Å². The van der Waals surface area contributed by atoms with Gasteiger partial charge in [-0.15, -0.1) is 0 Å². The van der Waals surface area contributed by atoms with Crippen molar-refractivity contribution in [3.8, 4) is 0 Å². The molecule has 480 valence electrons. The Morgan fingerprint density at radius 2 is 0.870 bits per heavy atom. The highest BCUT2D eigenvalue weighted by Crippen LogP contribution is 2.26. The van der Waals surface area contributed by atoms with Crippen LogP contribution in [-0.2, 0) is 17.6 Å². The molecule has 6 N–H and O–H groups in total. The lowest BCUT2D eigenvalue weighted by Gasteiger charge is -2.00. The number of fused-ring (bicyclic) bond motifs is 7. The van der Waals surface area contributed by atoms with Crippen molar-refractivity contribution in [2.45, 2.75) is 154 Å². The van der Waals surface area contributed by atoms with Gasteiger partial charge in [0.15, 0.2) is 0 Å². The van der Waals surface area contributed by atoms with E-state index in [1.54, 1.807) is 6.33 Å². The summed E-state index contributed by atoms with van der Waals surface area (Å²) in [6.45, 7) is 26.2. The zero-order chi connectivity index (χ0) is 64.4. The molecule has 92 heavy (non-hydrogen) atoms. The van der Waals surface area contributed by atoms with Crippen molar-refractivity contribution in [1.82, 2.24) is 40.6 Å². The largest absolute Gasteiger partial charge is 0.384 e. The number of carbonyl (C=O) groups is 1. The summed E-state index contributed by atoms with van der Waals surface area (Å²) in [6, 6.07) is 53.7. The summed E-state index contributed by atoms with van der Waals surface area (Å²) in [5.74, 6) is 0.106. The number of anilines is 2. The smallest absolute Gasteiger partial charge is 0.228 e. The molecule has 14 radical (unpaired) electrons. The van der Waals surface area contributed by atoms with Crippen molar-refractivity contribution in [2.24, 2.45) is 0 Å². The van der Waals surface area contributed by atoms with Gasteiger partial charge in [-0.1, -0.05) is 208 Å². The van der Waals surface area contributed by atoms with Gasteiger partial charge in [-0.05, 0) is 158 Å². The first-order valence-corrected chi connectivity index (χ1v) is 28.3. The molecule has 14 rings (SSSR count). The number of aryl methyl sites for hydroxylation is 7. The SMILES string of the molecule is C.C.C.C.C.C.Cc1cccc2[nH]ccc12.Cc1cccc2[nH]cnc12.Cc1cccc2[nH]ncc12.Cc1cccc2c1CC(=O)N2.Cc1cccc2c1CCN2.Cc1cccc2ccccc12.Cc1cccc2n[nH]nc12.[B]C.[B]C.[B]C.[B]C.[B]C.[B]C.[B]C. The number of hydrogen-bond donors (Lipinski definition) is 6. The Bertz CT molecular complexity index is 3450. The standard InChI is InChI=1S/C11H10.C9H9NO.C9H11N.C9H9N.2C8H8N2.C7H7N3.7CH3B.6CH4/c1-9-5-4-7-10-6-2-3-8-11(9)10;1-6-3-2-4-8-7(6)5-9(11)10-8;2*1-7-3-2-4-9-8(7)5-6-10-9;1-6-3-2-4-8-7(6)5-9-10-8;1-6-3-2-4-7-8(6)10-5-9-7;1-5-3-2-4-6-7(5)9-10-8-6;7*1-2;;;;;;/h2-8H,1H3;2-4H,5H2,1H3,(H,10,11);2-4,10H,5-6H2,1H3;2-6,10H,1H3;2*2-5H,1H3,(H,9,10);2-4H,1H3,(H,8,9,10);7*1H3;6*1H4. The number of imidazole rings is 1. The molecule has 0 atom stereocenters. The number of hydrogen-bond acceptors (Lipinski definition) is 6. The zero-order valence-electron chi connectivity index (χ0n) is 53.1. The van der Waals surface area contributed by atoms with Gasteiger partial charge in [0.2, 0.25) is 5.91 Å². The van der Waals surface area contributed by atoms with Crippen molar-refractivity contribution in [3.63, 3.8) is 0 Å². The third-order valence-electron chi connectivity index (χ3n) is 12.8. The number of para-hydroxylation sites is 2. The number of aromatic amines is 4. The summed E-state index contributed by atoms with van der Waals surface area (Å²) < 4.78 is 0. The first kappa shape index (κ1) is 94.7. The molecule has 0 bridgehead atoms. The topological polar surface area (TPSA) is 156 Å². The number of H-pyrrole nitrogens is 4. The van der Waals surface area contributed by atoms with Gasteiger partial charge in [-0.25, -0.2) is 4.98 Å². The lowest BCUT2D eigenvalue weighted by Crippen LogP contribution is -2.03. The van der Waals surface area contributed by atoms with E-state index in [1.807, 2.05) is 86.9 Å². The Balaban J connectivity index is -0.000000225. The maximum atomic E-state index is 10.9. The van der Waals surface area contributed by atoms with Crippen LogP contribution >= 0.6 is 0 Å². The Kier molecular flexibility index (Phi) is 57.1. The predicted octanol–water partition coefficient (Wildman–Crippen LogP) is 19.3. The fraction of sp³-hybridized carbons (Fsp3) is 0.311. The Hall–Kier alpha value is -8.38. The fourth-order valence-corrected chi connectivity index (χ4v) is 8.80. The molecule has 18 heteroatoms. The van der Waals surface area contributed by atoms with Gasteiger partial charge in [0.05, 0.1) is 90.4 Å². The molecule has 0 unspecified atom stereocenters. The van der Waals surface area contributed by atoms with Crippen molar-refractivity contribution in [1.29, 1.82) is 0 Å². The monoisotopic (exact) mass is 1230 g/mol. The van der Waals surface area contributed by atoms with Gasteiger partial charge in [0.25, 0.3) is 0 Å². The van der Waals surface area contributed by atoms with Gasteiger partial charge < -0.3 is 20.6 Å². The molecule has 0 fully saturated rings. The van der Waals surface area contributed by atoms with E-state index in [4.69, 9.17) is 0 Å². The number of aromatic nitrogens is 8. The number of rotatable bonds is 0. The van der Waals surface area contributed by atoms with E-state index in [0.717, 1.165) is 50.9 Å². The normalized spacial score (nSPS) is 9.48. The Labute approximate surface area is 566 Å². The van der Waals surface area contributed by atoms with E-state index >= 15 is 0 Å². The van der Waals surface area contributed by atoms with E-state index < -0.39 is 0 Å². The molecule has 0 spiro atoms. The number of nitrogens with zero attached hydrogens (tertiary/aromatic N) is 4. The number of carbonyl (C=O) groups excluding carboxylic acids is 1. The number of amides is 1. The minimum Gasteiger partial charge on any atom is -0.384 e. The van der Waals surface area contributed by atoms with Crippen LogP contribution in [0.3, 0.4) is 0 Å². The van der Waals surface area contributed by atoms with E-state index in [2.05, 4.69) is 238 Å². The van der Waals surface area contributed by atoms with Crippen LogP contribution in [0.1, 0.15) is 94.6 Å². The summed E-state index contributed by atoms with van der Waals surface area (Å²) in [4.78, 5) is 21.3. The molecule has 0 aliphatic carbocycles. The molecule has 11 nitrogen and oxygen atoms in total. The van der Waals surface area contributed by atoms with Crippen LogP contribution < -0.4 is 10.6 Å². The molecule has 12 aromatic rings. The van der Waals surface area contributed by atoms with Gasteiger partial charge in [0.1, 0.15) is 11.0 Å². The first-order chi connectivity index (χ1) is 42.0. The van der Waals surface area contributed by atoms with Crippen molar-refractivity contribution in [3.05, 3.63) is 227 Å². The summed E-state index contributed by atoms with van der Waals surface area (Å²) in [5.41, 5.74) is 20.3. The third kappa shape index (κ3) is 29.3. The Morgan fingerprint density at radius 1 is 0.402 bits per heavy atom. The van der Waals surface area contributed by atoms with Crippen molar-refractivity contribution < 1.29 is 4.79 Å². The molecule has 2 aliphatic rings. The van der Waals surface area contributed by atoms with Gasteiger partial charge in [-0.2, -0.15) is 20.5 Å². The van der Waals surface area contributed by atoms with Gasteiger partial charge >= 0.3 is 0 Å². The number of nitrogens with one attached hydrogen (secondary N) is 6. The van der Waals surface area contributed by atoms with Gasteiger partial charge in [-0.3, -0.25) is 9.89 Å². The lowest BCUT2D eigenvalue weighted by atomic mass is 10.1. The molecular formula is C74H107B7N10O. The first-order valence-electron chi connectivity index (χ1n) is 28.3. The molecule has 1 amide bonds. The van der Waals surface area contributed by atoms with Crippen LogP contribution in [0.5, 0.6) is 0 Å². The molecule has 4 aromatic heterocycles.